The monoisotopic (exact) mass is 304 g/mol. The third-order valence-corrected chi connectivity index (χ3v) is 4.43. The van der Waals surface area contributed by atoms with Gasteiger partial charge < -0.3 is 5.73 Å². The Balaban J connectivity index is 1.59. The molecule has 6 nitrogen and oxygen atoms in total. The van der Waals surface area contributed by atoms with Gasteiger partial charge in [-0.1, -0.05) is 53.4 Å². The van der Waals surface area contributed by atoms with Crippen LogP contribution in [0.3, 0.4) is 0 Å². The molecule has 0 atom stereocenters. The van der Waals surface area contributed by atoms with Crippen LogP contribution in [-0.4, -0.2) is 25.4 Å². The van der Waals surface area contributed by atoms with Gasteiger partial charge in [0.1, 0.15) is 5.82 Å². The summed E-state index contributed by atoms with van der Waals surface area (Å²) in [5, 5.41) is 15.4. The normalized spacial score (nSPS) is 10.8. The maximum atomic E-state index is 5.53. The zero-order chi connectivity index (χ0) is 13.8. The number of nitrogens with one attached hydrogen (secondary N) is 1. The smallest absolute Gasteiger partial charge is 0.203 e. The van der Waals surface area contributed by atoms with Gasteiger partial charge in [-0.15, -0.1) is 10.2 Å². The minimum absolute atomic E-state index is 0.481. The highest BCUT2D eigenvalue weighted by molar-refractivity contribution is 8.00. The number of anilines is 1. The molecule has 0 aliphatic rings. The zero-order valence-electron chi connectivity index (χ0n) is 10.5. The van der Waals surface area contributed by atoms with Crippen LogP contribution in [0.2, 0.25) is 0 Å². The van der Waals surface area contributed by atoms with Gasteiger partial charge in [-0.3, -0.25) is 5.10 Å². The highest BCUT2D eigenvalue weighted by Crippen LogP contribution is 2.25. The number of H-pyrrole nitrogens is 1. The van der Waals surface area contributed by atoms with E-state index in [-0.39, 0.29) is 0 Å². The molecule has 0 radical (unpaired) electrons. The Morgan fingerprint density at radius 2 is 2.05 bits per heavy atom. The Morgan fingerprint density at radius 3 is 2.80 bits per heavy atom. The van der Waals surface area contributed by atoms with Crippen molar-refractivity contribution < 1.29 is 0 Å². The molecule has 2 aromatic heterocycles. The number of hydrogen-bond donors (Lipinski definition) is 2. The van der Waals surface area contributed by atoms with Gasteiger partial charge in [0, 0.05) is 6.42 Å². The topological polar surface area (TPSA) is 93.4 Å². The first-order valence-corrected chi connectivity index (χ1v) is 7.75. The molecule has 1 aromatic carbocycles. The van der Waals surface area contributed by atoms with E-state index in [2.05, 4.69) is 37.5 Å². The van der Waals surface area contributed by atoms with Gasteiger partial charge in [-0.25, -0.2) is 4.98 Å². The predicted octanol–water partition coefficient (Wildman–Crippen LogP) is 2.12. The van der Waals surface area contributed by atoms with E-state index in [0.29, 0.717) is 10.9 Å². The van der Waals surface area contributed by atoms with Crippen LogP contribution in [-0.2, 0) is 12.2 Å². The van der Waals surface area contributed by atoms with E-state index in [1.54, 1.807) is 11.8 Å². The Hall–Kier alpha value is -1.93. The van der Waals surface area contributed by atoms with Gasteiger partial charge in [-0.2, -0.15) is 5.10 Å². The van der Waals surface area contributed by atoms with Crippen molar-refractivity contribution in [3.05, 3.63) is 47.5 Å². The van der Waals surface area contributed by atoms with Crippen LogP contribution in [0.25, 0.3) is 0 Å². The van der Waals surface area contributed by atoms with Gasteiger partial charge in [0.2, 0.25) is 5.13 Å². The molecule has 0 unspecified atom stereocenters. The maximum Gasteiger partial charge on any atom is 0.203 e. The minimum Gasteiger partial charge on any atom is -0.374 e. The summed E-state index contributed by atoms with van der Waals surface area (Å²) in [5.41, 5.74) is 6.73. The molecule has 3 N–H and O–H groups in total. The maximum absolute atomic E-state index is 5.53. The molecule has 0 saturated carbocycles. The Labute approximate surface area is 123 Å². The van der Waals surface area contributed by atoms with Crippen molar-refractivity contribution >= 4 is 28.2 Å². The highest BCUT2D eigenvalue weighted by Gasteiger charge is 2.07. The number of nitrogens with two attached hydrogens (primary N) is 1. The molecule has 8 heteroatoms. The molecule has 0 aliphatic heterocycles. The lowest BCUT2D eigenvalue weighted by Crippen LogP contribution is -1.90. The molecule has 3 rings (SSSR count). The van der Waals surface area contributed by atoms with Gasteiger partial charge in [0.25, 0.3) is 0 Å². The summed E-state index contributed by atoms with van der Waals surface area (Å²) in [5.74, 6) is 2.30. The number of aromatic amines is 1. The third kappa shape index (κ3) is 3.34. The number of nitrogen functional groups attached to an aromatic ring is 1. The van der Waals surface area contributed by atoms with E-state index >= 15 is 0 Å². The van der Waals surface area contributed by atoms with Crippen molar-refractivity contribution in [2.24, 2.45) is 0 Å². The molecule has 0 aliphatic carbocycles. The van der Waals surface area contributed by atoms with Crippen LogP contribution in [0.4, 0.5) is 5.13 Å². The van der Waals surface area contributed by atoms with Gasteiger partial charge in [-0.05, 0) is 5.56 Å². The van der Waals surface area contributed by atoms with Crippen molar-refractivity contribution in [1.29, 1.82) is 0 Å². The summed E-state index contributed by atoms with van der Waals surface area (Å²) in [7, 11) is 0. The van der Waals surface area contributed by atoms with Crippen molar-refractivity contribution in [3.63, 3.8) is 0 Å². The van der Waals surface area contributed by atoms with E-state index in [1.807, 2.05) is 18.2 Å². The van der Waals surface area contributed by atoms with Crippen LogP contribution in [0, 0.1) is 0 Å². The summed E-state index contributed by atoms with van der Waals surface area (Å²) >= 11 is 2.92. The fourth-order valence-electron chi connectivity index (χ4n) is 1.67. The lowest BCUT2D eigenvalue weighted by atomic mass is 10.1. The SMILES string of the molecule is Nc1nnc(SCc2nc(Cc3ccccc3)n[nH]2)s1. The lowest BCUT2D eigenvalue weighted by molar-refractivity contribution is 0.968. The molecule has 0 fully saturated rings. The molecule has 0 saturated heterocycles. The molecular weight excluding hydrogens is 292 g/mol. The lowest BCUT2D eigenvalue weighted by Gasteiger charge is -1.95. The van der Waals surface area contributed by atoms with Crippen LogP contribution in [0.15, 0.2) is 34.7 Å². The summed E-state index contributed by atoms with van der Waals surface area (Å²) in [6.45, 7) is 0. The largest absolute Gasteiger partial charge is 0.374 e. The number of aromatic nitrogens is 5. The van der Waals surface area contributed by atoms with Crippen molar-refractivity contribution in [1.82, 2.24) is 25.4 Å². The second kappa shape index (κ2) is 6.02. The van der Waals surface area contributed by atoms with E-state index < -0.39 is 0 Å². The Bertz CT molecular complexity index is 678. The first kappa shape index (κ1) is 13.1. The van der Waals surface area contributed by atoms with Crippen LogP contribution >= 0.6 is 23.1 Å². The average molecular weight is 304 g/mol. The van der Waals surface area contributed by atoms with E-state index in [9.17, 15) is 0 Å². The predicted molar refractivity (Wildman–Crippen MR) is 79.5 cm³/mol. The van der Waals surface area contributed by atoms with Crippen LogP contribution < -0.4 is 5.73 Å². The fraction of sp³-hybridized carbons (Fsp3) is 0.167. The molecule has 3 aromatic rings. The van der Waals surface area contributed by atoms with Gasteiger partial charge in [0.05, 0.1) is 5.75 Å². The van der Waals surface area contributed by atoms with Crippen LogP contribution in [0.1, 0.15) is 17.2 Å². The fourth-order valence-corrected chi connectivity index (χ4v) is 3.16. The summed E-state index contributed by atoms with van der Waals surface area (Å²) in [4.78, 5) is 4.47. The Morgan fingerprint density at radius 1 is 1.20 bits per heavy atom. The molecule has 2 heterocycles. The number of nitrogens with zero attached hydrogens (tertiary/aromatic N) is 4. The number of hydrogen-bond acceptors (Lipinski definition) is 7. The van der Waals surface area contributed by atoms with E-state index in [4.69, 9.17) is 5.73 Å². The summed E-state index contributed by atoms with van der Waals surface area (Å²) < 4.78 is 0.837. The number of thioether (sulfide) groups is 1. The number of benzene rings is 1. The van der Waals surface area contributed by atoms with Crippen LogP contribution in [0.5, 0.6) is 0 Å². The average Bonchev–Trinajstić information content (AvgIpc) is 3.07. The molecular formula is C12H12N6S2. The minimum atomic E-state index is 0.481. The first-order chi connectivity index (χ1) is 9.79. The van der Waals surface area contributed by atoms with E-state index in [1.165, 1.54) is 16.9 Å². The molecule has 0 spiro atoms. The second-order valence-electron chi connectivity index (χ2n) is 4.06. The number of rotatable bonds is 5. The highest BCUT2D eigenvalue weighted by atomic mass is 32.2. The molecule has 102 valence electrons. The Kier molecular flexibility index (Phi) is 3.93. The van der Waals surface area contributed by atoms with Crippen molar-refractivity contribution in [2.75, 3.05) is 5.73 Å². The quantitative estimate of drug-likeness (QED) is 0.701. The van der Waals surface area contributed by atoms with Gasteiger partial charge >= 0.3 is 0 Å². The van der Waals surface area contributed by atoms with E-state index in [0.717, 1.165) is 22.4 Å². The molecule has 0 bridgehead atoms. The first-order valence-electron chi connectivity index (χ1n) is 5.95. The standard InChI is InChI=1S/C12H12N6S2/c13-11-17-18-12(20-11)19-7-10-14-9(15-16-10)6-8-4-2-1-3-5-8/h1-5H,6-7H2,(H2,13,17)(H,14,15,16). The summed E-state index contributed by atoms with van der Waals surface area (Å²) in [6, 6.07) is 10.2. The zero-order valence-corrected chi connectivity index (χ0v) is 12.1. The van der Waals surface area contributed by atoms with Crippen molar-refractivity contribution in [3.8, 4) is 0 Å². The molecule has 20 heavy (non-hydrogen) atoms. The third-order valence-electron chi connectivity index (χ3n) is 2.54. The molecule has 0 amide bonds. The second-order valence-corrected chi connectivity index (χ2v) is 6.29. The van der Waals surface area contributed by atoms with Gasteiger partial charge in [0.15, 0.2) is 10.2 Å². The van der Waals surface area contributed by atoms with Crippen molar-refractivity contribution in [2.45, 2.75) is 16.5 Å². The summed E-state index contributed by atoms with van der Waals surface area (Å²) in [6.07, 6.45) is 0.730.